The Hall–Kier alpha value is -2.53. The van der Waals surface area contributed by atoms with Crippen molar-refractivity contribution in [3.8, 4) is 5.75 Å². The topological polar surface area (TPSA) is 58.6 Å². The van der Waals surface area contributed by atoms with E-state index in [1.807, 2.05) is 64.1 Å². The molecule has 156 valence electrons. The fourth-order valence-electron chi connectivity index (χ4n) is 2.90. The van der Waals surface area contributed by atoms with Crippen LogP contribution >= 0.6 is 11.6 Å². The molecule has 0 aliphatic rings. The monoisotopic (exact) mass is 416 g/mol. The number of hydrogen-bond acceptors (Lipinski definition) is 3. The molecular weight excluding hydrogens is 388 g/mol. The lowest BCUT2D eigenvalue weighted by Crippen LogP contribution is -2.50. The molecule has 5 nitrogen and oxygen atoms in total. The van der Waals surface area contributed by atoms with Crippen molar-refractivity contribution in [3.05, 3.63) is 64.2 Å². The highest BCUT2D eigenvalue weighted by Gasteiger charge is 2.27. The standard InChI is InChI=1S/C23H29ClN2O3/c1-15(2)25-23(28)18(5)26(13-19-10-6-7-11-20(19)24)22(27)14-29-21-12-8-9-16(3)17(21)4/h6-12,15,18H,13-14H2,1-5H3,(H,25,28)/t18-/m1/s1. The van der Waals surface area contributed by atoms with Gasteiger partial charge in [-0.05, 0) is 63.4 Å². The van der Waals surface area contributed by atoms with Crippen LogP contribution in [0.15, 0.2) is 42.5 Å². The van der Waals surface area contributed by atoms with Gasteiger partial charge in [-0.3, -0.25) is 9.59 Å². The molecule has 0 fully saturated rings. The minimum Gasteiger partial charge on any atom is -0.483 e. The zero-order valence-corrected chi connectivity index (χ0v) is 18.4. The molecule has 1 N–H and O–H groups in total. The summed E-state index contributed by atoms with van der Waals surface area (Å²) in [6, 6.07) is 12.3. The summed E-state index contributed by atoms with van der Waals surface area (Å²) >= 11 is 6.28. The Morgan fingerprint density at radius 2 is 1.76 bits per heavy atom. The number of halogens is 1. The molecule has 0 radical (unpaired) electrons. The van der Waals surface area contributed by atoms with Gasteiger partial charge in [0.1, 0.15) is 11.8 Å². The number of amides is 2. The number of carbonyl (C=O) groups is 2. The first-order valence-corrected chi connectivity index (χ1v) is 10.1. The summed E-state index contributed by atoms with van der Waals surface area (Å²) in [4.78, 5) is 27.1. The summed E-state index contributed by atoms with van der Waals surface area (Å²) in [6.07, 6.45) is 0. The molecule has 0 aromatic heterocycles. The minimum atomic E-state index is -0.664. The van der Waals surface area contributed by atoms with Crippen LogP contribution < -0.4 is 10.1 Å². The highest BCUT2D eigenvalue weighted by atomic mass is 35.5. The van der Waals surface area contributed by atoms with Crippen LogP contribution in [0.1, 0.15) is 37.5 Å². The van der Waals surface area contributed by atoms with Gasteiger partial charge in [-0.15, -0.1) is 0 Å². The fraction of sp³-hybridized carbons (Fsp3) is 0.391. The van der Waals surface area contributed by atoms with Crippen molar-refractivity contribution in [2.75, 3.05) is 6.61 Å². The van der Waals surface area contributed by atoms with E-state index in [-0.39, 0.29) is 31.0 Å². The quantitative estimate of drug-likeness (QED) is 0.698. The molecule has 2 aromatic rings. The molecule has 0 heterocycles. The van der Waals surface area contributed by atoms with E-state index in [1.165, 1.54) is 4.90 Å². The van der Waals surface area contributed by atoms with Gasteiger partial charge in [0.15, 0.2) is 6.61 Å². The van der Waals surface area contributed by atoms with Crippen molar-refractivity contribution < 1.29 is 14.3 Å². The molecule has 0 saturated heterocycles. The predicted molar refractivity (Wildman–Crippen MR) is 116 cm³/mol. The molecule has 0 bridgehead atoms. The van der Waals surface area contributed by atoms with E-state index in [4.69, 9.17) is 16.3 Å². The smallest absolute Gasteiger partial charge is 0.261 e. The maximum Gasteiger partial charge on any atom is 0.261 e. The molecule has 0 spiro atoms. The van der Waals surface area contributed by atoms with E-state index < -0.39 is 6.04 Å². The van der Waals surface area contributed by atoms with Gasteiger partial charge in [0.25, 0.3) is 5.91 Å². The number of benzene rings is 2. The van der Waals surface area contributed by atoms with Gasteiger partial charge in [-0.25, -0.2) is 0 Å². The second-order valence-electron chi connectivity index (χ2n) is 7.44. The number of ether oxygens (including phenoxy) is 1. The van der Waals surface area contributed by atoms with Gasteiger partial charge < -0.3 is 15.0 Å². The first-order chi connectivity index (χ1) is 13.7. The SMILES string of the molecule is Cc1cccc(OCC(=O)N(Cc2ccccc2Cl)[C@H](C)C(=O)NC(C)C)c1C. The van der Waals surface area contributed by atoms with E-state index in [9.17, 15) is 9.59 Å². The van der Waals surface area contributed by atoms with Crippen molar-refractivity contribution in [2.24, 2.45) is 0 Å². The molecule has 0 saturated carbocycles. The van der Waals surface area contributed by atoms with Gasteiger partial charge in [-0.1, -0.05) is 41.9 Å². The first-order valence-electron chi connectivity index (χ1n) is 9.73. The van der Waals surface area contributed by atoms with E-state index >= 15 is 0 Å². The molecule has 1 atom stereocenters. The Morgan fingerprint density at radius 3 is 2.41 bits per heavy atom. The van der Waals surface area contributed by atoms with Gasteiger partial charge >= 0.3 is 0 Å². The normalized spacial score (nSPS) is 11.8. The van der Waals surface area contributed by atoms with Gasteiger partial charge in [0.05, 0.1) is 0 Å². The molecule has 0 unspecified atom stereocenters. The third-order valence-electron chi connectivity index (χ3n) is 4.80. The van der Waals surface area contributed by atoms with E-state index in [0.29, 0.717) is 10.8 Å². The number of nitrogens with one attached hydrogen (secondary N) is 1. The van der Waals surface area contributed by atoms with E-state index in [2.05, 4.69) is 5.32 Å². The number of aryl methyl sites for hydroxylation is 1. The molecule has 6 heteroatoms. The summed E-state index contributed by atoms with van der Waals surface area (Å²) in [7, 11) is 0. The summed E-state index contributed by atoms with van der Waals surface area (Å²) in [6.45, 7) is 9.49. The lowest BCUT2D eigenvalue weighted by atomic mass is 10.1. The van der Waals surface area contributed by atoms with Gasteiger partial charge in [0.2, 0.25) is 5.91 Å². The Kier molecular flexibility index (Phi) is 8.09. The van der Waals surface area contributed by atoms with Crippen molar-refractivity contribution in [2.45, 2.75) is 53.2 Å². The van der Waals surface area contributed by atoms with Crippen LogP contribution in [0.4, 0.5) is 0 Å². The van der Waals surface area contributed by atoms with Crippen LogP contribution in [-0.2, 0) is 16.1 Å². The zero-order valence-electron chi connectivity index (χ0n) is 17.7. The second kappa shape index (κ2) is 10.3. The lowest BCUT2D eigenvalue weighted by Gasteiger charge is -2.29. The molecule has 2 aromatic carbocycles. The highest BCUT2D eigenvalue weighted by molar-refractivity contribution is 6.31. The molecule has 0 aliphatic carbocycles. The Labute approximate surface area is 178 Å². The number of nitrogens with zero attached hydrogens (tertiary/aromatic N) is 1. The van der Waals surface area contributed by atoms with Crippen LogP contribution in [-0.4, -0.2) is 35.4 Å². The Bertz CT molecular complexity index is 867. The summed E-state index contributed by atoms with van der Waals surface area (Å²) < 4.78 is 5.78. The lowest BCUT2D eigenvalue weighted by molar-refractivity contribution is -0.142. The van der Waals surface area contributed by atoms with Crippen molar-refractivity contribution in [1.82, 2.24) is 10.2 Å². The van der Waals surface area contributed by atoms with Crippen molar-refractivity contribution in [1.29, 1.82) is 0 Å². The van der Waals surface area contributed by atoms with Crippen molar-refractivity contribution >= 4 is 23.4 Å². The Morgan fingerprint density at radius 1 is 1.07 bits per heavy atom. The third-order valence-corrected chi connectivity index (χ3v) is 5.17. The molecule has 0 aliphatic heterocycles. The maximum atomic E-state index is 13.0. The minimum absolute atomic E-state index is 0.0200. The third kappa shape index (κ3) is 6.23. The summed E-state index contributed by atoms with van der Waals surface area (Å²) in [5.74, 6) is 0.166. The second-order valence-corrected chi connectivity index (χ2v) is 7.85. The summed E-state index contributed by atoms with van der Waals surface area (Å²) in [5, 5.41) is 3.41. The Balaban J connectivity index is 2.20. The van der Waals surface area contributed by atoms with Gasteiger partial charge in [0, 0.05) is 17.6 Å². The first kappa shape index (κ1) is 22.8. The molecule has 29 heavy (non-hydrogen) atoms. The van der Waals surface area contributed by atoms with Crippen LogP contribution in [0.3, 0.4) is 0 Å². The highest BCUT2D eigenvalue weighted by Crippen LogP contribution is 2.22. The van der Waals surface area contributed by atoms with Crippen LogP contribution in [0, 0.1) is 13.8 Å². The summed E-state index contributed by atoms with van der Waals surface area (Å²) in [5.41, 5.74) is 2.86. The molecular formula is C23H29ClN2O3. The fourth-order valence-corrected chi connectivity index (χ4v) is 3.10. The van der Waals surface area contributed by atoms with E-state index in [1.54, 1.807) is 13.0 Å². The molecule has 2 rings (SSSR count). The number of carbonyl (C=O) groups excluding carboxylic acids is 2. The van der Waals surface area contributed by atoms with E-state index in [0.717, 1.165) is 16.7 Å². The van der Waals surface area contributed by atoms with Crippen LogP contribution in [0.5, 0.6) is 5.75 Å². The largest absolute Gasteiger partial charge is 0.483 e. The zero-order chi connectivity index (χ0) is 21.6. The number of hydrogen-bond donors (Lipinski definition) is 1. The molecule has 2 amide bonds. The average molecular weight is 417 g/mol. The van der Waals surface area contributed by atoms with Crippen LogP contribution in [0.2, 0.25) is 5.02 Å². The average Bonchev–Trinajstić information content (AvgIpc) is 2.67. The maximum absolute atomic E-state index is 13.0. The van der Waals surface area contributed by atoms with Gasteiger partial charge in [-0.2, -0.15) is 0 Å². The number of rotatable bonds is 8. The van der Waals surface area contributed by atoms with Crippen LogP contribution in [0.25, 0.3) is 0 Å². The predicted octanol–water partition coefficient (Wildman–Crippen LogP) is 4.28. The van der Waals surface area contributed by atoms with Crippen molar-refractivity contribution in [3.63, 3.8) is 0 Å².